The Morgan fingerprint density at radius 1 is 1.44 bits per heavy atom. The van der Waals surface area contributed by atoms with Gasteiger partial charge in [0.15, 0.2) is 0 Å². The Balaban J connectivity index is 1.60. The molecule has 0 aliphatic carbocycles. The molecule has 1 amide bonds. The predicted octanol–water partition coefficient (Wildman–Crippen LogP) is 1.66. The number of amides is 1. The van der Waals surface area contributed by atoms with Crippen molar-refractivity contribution in [3.63, 3.8) is 0 Å². The van der Waals surface area contributed by atoms with Crippen LogP contribution in [0.1, 0.15) is 29.0 Å². The first kappa shape index (κ1) is 15.4. The largest absolute Gasteiger partial charge is 0.490 e. The van der Waals surface area contributed by atoms with E-state index in [9.17, 15) is 4.79 Å². The molecule has 128 valence electrons. The highest BCUT2D eigenvalue weighted by Gasteiger charge is 2.20. The second-order valence-corrected chi connectivity index (χ2v) is 5.92. The second-order valence-electron chi connectivity index (χ2n) is 5.92. The summed E-state index contributed by atoms with van der Waals surface area (Å²) in [6.07, 6.45) is 4.65. The lowest BCUT2D eigenvalue weighted by Crippen LogP contribution is -2.19. The van der Waals surface area contributed by atoms with Crippen LogP contribution in [0.4, 0.5) is 0 Å². The predicted molar refractivity (Wildman–Crippen MR) is 88.2 cm³/mol. The van der Waals surface area contributed by atoms with Gasteiger partial charge in [0, 0.05) is 31.4 Å². The van der Waals surface area contributed by atoms with Crippen molar-refractivity contribution in [2.45, 2.75) is 26.0 Å². The summed E-state index contributed by atoms with van der Waals surface area (Å²) in [5.74, 6) is 1.70. The van der Waals surface area contributed by atoms with Gasteiger partial charge in [-0.25, -0.2) is 4.98 Å². The van der Waals surface area contributed by atoms with Crippen molar-refractivity contribution in [2.24, 2.45) is 0 Å². The van der Waals surface area contributed by atoms with Crippen molar-refractivity contribution in [3.05, 3.63) is 47.9 Å². The van der Waals surface area contributed by atoms with Crippen LogP contribution >= 0.6 is 0 Å². The number of aromatic nitrogens is 4. The fraction of sp³-hybridized carbons (Fsp3) is 0.294. The molecule has 25 heavy (non-hydrogen) atoms. The summed E-state index contributed by atoms with van der Waals surface area (Å²) in [4.78, 5) is 20.1. The number of carbonyl (C=O) groups excluding carboxylic acids is 1. The smallest absolute Gasteiger partial charge is 0.292 e. The normalized spacial score (nSPS) is 15.7. The number of fused-ring (bicyclic) bond motifs is 1. The summed E-state index contributed by atoms with van der Waals surface area (Å²) >= 11 is 0. The van der Waals surface area contributed by atoms with E-state index in [1.807, 2.05) is 22.9 Å². The molecular formula is C17H17N5O3. The fourth-order valence-corrected chi connectivity index (χ4v) is 2.93. The van der Waals surface area contributed by atoms with Crippen molar-refractivity contribution in [1.29, 1.82) is 0 Å². The van der Waals surface area contributed by atoms with Crippen LogP contribution in [-0.2, 0) is 13.0 Å². The van der Waals surface area contributed by atoms with E-state index in [0.717, 1.165) is 23.6 Å². The third-order valence-electron chi connectivity index (χ3n) is 4.07. The van der Waals surface area contributed by atoms with Gasteiger partial charge in [-0.2, -0.15) is 4.98 Å². The third-order valence-corrected chi connectivity index (χ3v) is 4.07. The van der Waals surface area contributed by atoms with Crippen molar-refractivity contribution in [1.82, 2.24) is 25.0 Å². The zero-order chi connectivity index (χ0) is 17.4. The molecule has 1 atom stereocenters. The zero-order valence-corrected chi connectivity index (χ0v) is 13.9. The maximum Gasteiger partial charge on any atom is 0.292 e. The Morgan fingerprint density at radius 2 is 2.32 bits per heavy atom. The number of rotatable bonds is 4. The van der Waals surface area contributed by atoms with Crippen LogP contribution < -0.4 is 10.1 Å². The summed E-state index contributed by atoms with van der Waals surface area (Å²) in [7, 11) is 1.52. The number of nitrogens with one attached hydrogen (secondary N) is 1. The third kappa shape index (κ3) is 2.86. The Labute approximate surface area is 143 Å². The number of hydrogen-bond acceptors (Lipinski definition) is 6. The highest BCUT2D eigenvalue weighted by Crippen LogP contribution is 2.32. The minimum absolute atomic E-state index is 0.0165. The van der Waals surface area contributed by atoms with E-state index in [0.29, 0.717) is 12.4 Å². The van der Waals surface area contributed by atoms with E-state index >= 15 is 0 Å². The van der Waals surface area contributed by atoms with Crippen molar-refractivity contribution in [3.8, 4) is 17.1 Å². The summed E-state index contributed by atoms with van der Waals surface area (Å²) in [5.41, 5.74) is 2.17. The van der Waals surface area contributed by atoms with Gasteiger partial charge in [0.05, 0.1) is 0 Å². The topological polar surface area (TPSA) is 95.1 Å². The standard InChI is InChI=1S/C17H17N5O3/c1-10-7-12-8-11(3-4-13(12)24-10)16-19-5-6-22(16)9-14-20-15(21-25-14)17(23)18-2/h3-6,8,10H,7,9H2,1-2H3,(H,18,23)/t10-/m0/s1. The lowest BCUT2D eigenvalue weighted by molar-refractivity contribution is 0.0950. The molecule has 1 aliphatic rings. The lowest BCUT2D eigenvalue weighted by atomic mass is 10.1. The molecule has 0 unspecified atom stereocenters. The Kier molecular flexibility index (Phi) is 3.72. The molecule has 0 saturated heterocycles. The van der Waals surface area contributed by atoms with Crippen molar-refractivity contribution >= 4 is 5.91 Å². The first-order chi connectivity index (χ1) is 12.1. The van der Waals surface area contributed by atoms with Gasteiger partial charge in [0.25, 0.3) is 11.7 Å². The molecule has 0 fully saturated rings. The maximum atomic E-state index is 11.5. The van der Waals surface area contributed by atoms with Crippen LogP contribution in [0, 0.1) is 0 Å². The number of imidazole rings is 1. The van der Waals surface area contributed by atoms with Crippen LogP contribution in [0.3, 0.4) is 0 Å². The average Bonchev–Trinajstić information content (AvgIpc) is 3.32. The number of hydrogen-bond donors (Lipinski definition) is 1. The van der Waals surface area contributed by atoms with E-state index in [-0.39, 0.29) is 17.8 Å². The number of benzene rings is 1. The van der Waals surface area contributed by atoms with Gasteiger partial charge < -0.3 is 19.1 Å². The molecule has 8 heteroatoms. The molecule has 2 aromatic heterocycles. The van der Waals surface area contributed by atoms with Gasteiger partial charge >= 0.3 is 0 Å². The number of carbonyl (C=O) groups is 1. The summed E-state index contributed by atoms with van der Waals surface area (Å²) in [5, 5.41) is 6.14. The minimum atomic E-state index is -0.381. The monoisotopic (exact) mass is 339 g/mol. The first-order valence-corrected chi connectivity index (χ1v) is 8.00. The maximum absolute atomic E-state index is 11.5. The molecule has 1 aliphatic heterocycles. The number of nitrogens with zero attached hydrogens (tertiary/aromatic N) is 4. The van der Waals surface area contributed by atoms with Crippen LogP contribution in [-0.4, -0.2) is 38.8 Å². The fourth-order valence-electron chi connectivity index (χ4n) is 2.93. The molecule has 0 bridgehead atoms. The SMILES string of the molecule is CNC(=O)c1noc(Cn2ccnc2-c2ccc3c(c2)C[C@H](C)O3)n1. The Morgan fingerprint density at radius 3 is 3.16 bits per heavy atom. The molecule has 0 spiro atoms. The molecule has 3 aromatic rings. The molecule has 0 saturated carbocycles. The number of ether oxygens (including phenoxy) is 1. The van der Waals surface area contributed by atoms with E-state index in [1.54, 1.807) is 6.20 Å². The highest BCUT2D eigenvalue weighted by molar-refractivity contribution is 5.89. The van der Waals surface area contributed by atoms with E-state index < -0.39 is 0 Å². The van der Waals surface area contributed by atoms with Crippen LogP contribution in [0.5, 0.6) is 5.75 Å². The Hall–Kier alpha value is -3.16. The highest BCUT2D eigenvalue weighted by atomic mass is 16.5. The Bertz CT molecular complexity index is 930. The van der Waals surface area contributed by atoms with Crippen molar-refractivity contribution in [2.75, 3.05) is 7.05 Å². The zero-order valence-electron chi connectivity index (χ0n) is 13.9. The lowest BCUT2D eigenvalue weighted by Gasteiger charge is -2.07. The quantitative estimate of drug-likeness (QED) is 0.777. The van der Waals surface area contributed by atoms with E-state index in [1.165, 1.54) is 12.6 Å². The summed E-state index contributed by atoms with van der Waals surface area (Å²) < 4.78 is 12.8. The van der Waals surface area contributed by atoms with Gasteiger partial charge in [-0.3, -0.25) is 4.79 Å². The second kappa shape index (κ2) is 6.04. The van der Waals surface area contributed by atoms with Crippen LogP contribution in [0.25, 0.3) is 11.4 Å². The van der Waals surface area contributed by atoms with E-state index in [4.69, 9.17) is 9.26 Å². The van der Waals surface area contributed by atoms with Crippen LogP contribution in [0.2, 0.25) is 0 Å². The summed E-state index contributed by atoms with van der Waals surface area (Å²) in [6.45, 7) is 2.39. The van der Waals surface area contributed by atoms with Gasteiger partial charge in [0.1, 0.15) is 24.2 Å². The van der Waals surface area contributed by atoms with Gasteiger partial charge in [-0.15, -0.1) is 0 Å². The molecule has 8 nitrogen and oxygen atoms in total. The molecule has 0 radical (unpaired) electrons. The molecule has 3 heterocycles. The van der Waals surface area contributed by atoms with E-state index in [2.05, 4.69) is 33.4 Å². The molecular weight excluding hydrogens is 322 g/mol. The summed E-state index contributed by atoms with van der Waals surface area (Å²) in [6, 6.07) is 6.06. The van der Waals surface area contributed by atoms with Crippen molar-refractivity contribution < 1.29 is 14.1 Å². The van der Waals surface area contributed by atoms with Gasteiger partial charge in [-0.1, -0.05) is 5.16 Å². The molecule has 1 aromatic carbocycles. The molecule has 1 N–H and O–H groups in total. The van der Waals surface area contributed by atoms with Crippen LogP contribution in [0.15, 0.2) is 35.1 Å². The first-order valence-electron chi connectivity index (χ1n) is 8.00. The van der Waals surface area contributed by atoms with Gasteiger partial charge in [0.2, 0.25) is 5.89 Å². The minimum Gasteiger partial charge on any atom is -0.490 e. The van der Waals surface area contributed by atoms with Gasteiger partial charge in [-0.05, 0) is 30.7 Å². The average molecular weight is 339 g/mol. The molecule has 4 rings (SSSR count).